The van der Waals surface area contributed by atoms with Gasteiger partial charge in [0.1, 0.15) is 16.2 Å². The van der Waals surface area contributed by atoms with Gasteiger partial charge < -0.3 is 4.90 Å². The average Bonchev–Trinajstić information content (AvgIpc) is 2.42. The molecular formula is C14H19NOS. The highest BCUT2D eigenvalue weighted by Gasteiger charge is 2.22. The van der Waals surface area contributed by atoms with Crippen LogP contribution in [0.15, 0.2) is 30.3 Å². The van der Waals surface area contributed by atoms with E-state index in [0.29, 0.717) is 17.2 Å². The van der Waals surface area contributed by atoms with Crippen molar-refractivity contribution in [2.45, 2.75) is 32.1 Å². The Morgan fingerprint density at radius 1 is 1.18 bits per heavy atom. The summed E-state index contributed by atoms with van der Waals surface area (Å²) in [6.45, 7) is 0. The van der Waals surface area contributed by atoms with E-state index in [0.717, 1.165) is 10.7 Å². The molecule has 0 saturated heterocycles. The molecule has 1 saturated carbocycles. The molecule has 0 N–H and O–H groups in total. The van der Waals surface area contributed by atoms with Gasteiger partial charge in [-0.25, -0.2) is 4.21 Å². The zero-order valence-corrected chi connectivity index (χ0v) is 11.1. The lowest BCUT2D eigenvalue weighted by molar-refractivity contribution is 0.439. The quantitative estimate of drug-likeness (QED) is 0.751. The molecule has 0 aromatic heterocycles. The molecule has 1 aliphatic rings. The largest absolute Gasteiger partial charge is 0.337 e. The predicted molar refractivity (Wildman–Crippen MR) is 74.6 cm³/mol. The minimum Gasteiger partial charge on any atom is -0.337 e. The Bertz CT molecular complexity index is 405. The molecule has 0 unspecified atom stereocenters. The summed E-state index contributed by atoms with van der Waals surface area (Å²) in [4.78, 5) is 3.05. The first-order valence-corrected chi connectivity index (χ1v) is 7.02. The molecule has 3 heteroatoms. The number of hydrogen-bond donors (Lipinski definition) is 0. The van der Waals surface area contributed by atoms with Gasteiger partial charge in [0.15, 0.2) is 0 Å². The van der Waals surface area contributed by atoms with Crippen LogP contribution in [0.25, 0.3) is 0 Å². The number of hydrogen-bond acceptors (Lipinski definition) is 1. The fraction of sp³-hybridized carbons (Fsp3) is 0.500. The fourth-order valence-corrected chi connectivity index (χ4v) is 3.12. The third-order valence-corrected chi connectivity index (χ3v) is 4.29. The summed E-state index contributed by atoms with van der Waals surface area (Å²) in [6, 6.07) is 10.1. The molecule has 2 rings (SSSR count). The second kappa shape index (κ2) is 6.01. The van der Waals surface area contributed by atoms with Crippen LogP contribution in [0, 0.1) is 5.92 Å². The van der Waals surface area contributed by atoms with Crippen molar-refractivity contribution < 1.29 is 4.21 Å². The summed E-state index contributed by atoms with van der Waals surface area (Å²) in [6.07, 6.45) is 6.18. The van der Waals surface area contributed by atoms with Gasteiger partial charge >= 0.3 is 0 Å². The molecule has 0 aliphatic heterocycles. The van der Waals surface area contributed by atoms with Crippen molar-refractivity contribution in [1.29, 1.82) is 0 Å². The van der Waals surface area contributed by atoms with E-state index in [2.05, 4.69) is 17.0 Å². The molecule has 0 radical (unpaired) electrons. The van der Waals surface area contributed by atoms with Crippen LogP contribution < -0.4 is 4.90 Å². The van der Waals surface area contributed by atoms with Crippen LogP contribution in [0.1, 0.15) is 32.1 Å². The second-order valence-corrected chi connectivity index (χ2v) is 5.24. The number of nitrogens with zero attached hydrogens (tertiary/aromatic N) is 1. The van der Waals surface area contributed by atoms with Crippen molar-refractivity contribution in [2.24, 2.45) is 5.92 Å². The molecule has 1 aromatic rings. The Morgan fingerprint density at radius 2 is 1.82 bits per heavy atom. The molecule has 1 aromatic carbocycles. The first kappa shape index (κ1) is 12.4. The van der Waals surface area contributed by atoms with Crippen molar-refractivity contribution in [1.82, 2.24) is 0 Å². The maximum Gasteiger partial charge on any atom is 0.116 e. The Labute approximate surface area is 107 Å². The molecule has 1 aliphatic carbocycles. The topological polar surface area (TPSA) is 20.3 Å². The lowest BCUT2D eigenvalue weighted by Crippen LogP contribution is -2.34. The molecule has 92 valence electrons. The summed E-state index contributed by atoms with van der Waals surface area (Å²) in [7, 11) is 2.00. The summed E-state index contributed by atoms with van der Waals surface area (Å²) < 4.78 is 11.4. The van der Waals surface area contributed by atoms with Gasteiger partial charge in [0.05, 0.1) is 0 Å². The zero-order chi connectivity index (χ0) is 12.1. The Kier molecular flexibility index (Phi) is 4.37. The predicted octanol–water partition coefficient (Wildman–Crippen LogP) is 3.05. The summed E-state index contributed by atoms with van der Waals surface area (Å²) in [5.74, 6) is 0.469. The summed E-state index contributed by atoms with van der Waals surface area (Å²) in [5.41, 5.74) is 1.11. The number of benzene rings is 1. The highest BCUT2D eigenvalue weighted by Crippen LogP contribution is 2.27. The normalized spacial score (nSPS) is 16.5. The number of para-hydroxylation sites is 1. The molecule has 2 nitrogen and oxygen atoms in total. The van der Waals surface area contributed by atoms with E-state index in [1.165, 1.54) is 32.1 Å². The van der Waals surface area contributed by atoms with Crippen LogP contribution in [0.5, 0.6) is 0 Å². The average molecular weight is 249 g/mol. The third kappa shape index (κ3) is 2.97. The van der Waals surface area contributed by atoms with E-state index < -0.39 is 0 Å². The van der Waals surface area contributed by atoms with Crippen LogP contribution in [-0.2, 0) is 11.3 Å². The van der Waals surface area contributed by atoms with Crippen LogP contribution >= 0.6 is 0 Å². The van der Waals surface area contributed by atoms with E-state index in [9.17, 15) is 4.21 Å². The van der Waals surface area contributed by atoms with Crippen molar-refractivity contribution in [3.63, 3.8) is 0 Å². The van der Waals surface area contributed by atoms with Gasteiger partial charge in [-0.2, -0.15) is 0 Å². The van der Waals surface area contributed by atoms with Crippen molar-refractivity contribution in [3.05, 3.63) is 30.3 Å². The lowest BCUT2D eigenvalue weighted by Gasteiger charge is -2.28. The molecule has 0 atom stereocenters. The first-order chi connectivity index (χ1) is 8.33. The molecular weight excluding hydrogens is 230 g/mol. The minimum atomic E-state index is 0.469. The van der Waals surface area contributed by atoms with Crippen molar-refractivity contribution >= 4 is 21.9 Å². The Balaban J connectivity index is 2.16. The zero-order valence-electron chi connectivity index (χ0n) is 10.3. The van der Waals surface area contributed by atoms with E-state index in [-0.39, 0.29) is 0 Å². The van der Waals surface area contributed by atoms with Gasteiger partial charge in [0.25, 0.3) is 0 Å². The monoisotopic (exact) mass is 249 g/mol. The first-order valence-electron chi connectivity index (χ1n) is 6.28. The maximum atomic E-state index is 11.4. The molecule has 0 spiro atoms. The Morgan fingerprint density at radius 3 is 2.41 bits per heavy atom. The highest BCUT2D eigenvalue weighted by atomic mass is 32.1. The number of anilines is 1. The van der Waals surface area contributed by atoms with Crippen molar-refractivity contribution in [3.8, 4) is 0 Å². The van der Waals surface area contributed by atoms with E-state index in [4.69, 9.17) is 0 Å². The minimum absolute atomic E-state index is 0.469. The Hall–Kier alpha value is -1.09. The van der Waals surface area contributed by atoms with Crippen LogP contribution in [-0.4, -0.2) is 16.2 Å². The van der Waals surface area contributed by atoms with Crippen LogP contribution in [0.3, 0.4) is 0 Å². The van der Waals surface area contributed by atoms with Gasteiger partial charge in [-0.3, -0.25) is 0 Å². The van der Waals surface area contributed by atoms with E-state index in [1.807, 2.05) is 25.2 Å². The molecule has 17 heavy (non-hydrogen) atoms. The molecule has 0 amide bonds. The van der Waals surface area contributed by atoms with Gasteiger partial charge in [-0.15, -0.1) is 0 Å². The van der Waals surface area contributed by atoms with Crippen molar-refractivity contribution in [2.75, 3.05) is 11.9 Å². The third-order valence-electron chi connectivity index (χ3n) is 3.51. The van der Waals surface area contributed by atoms with Crippen LogP contribution in [0.4, 0.5) is 5.69 Å². The molecule has 0 bridgehead atoms. The van der Waals surface area contributed by atoms with Gasteiger partial charge in [0.2, 0.25) is 0 Å². The second-order valence-electron chi connectivity index (χ2n) is 4.65. The standard InChI is InChI=1S/C14H19NOS/c1-15(13-10-6-3-7-11-13)14(17-16)12-8-4-2-5-9-12/h3,6-7,10-12H,2,4-5,8-9H2,1H3. The highest BCUT2D eigenvalue weighted by molar-refractivity contribution is 7.66. The van der Waals surface area contributed by atoms with E-state index >= 15 is 0 Å². The molecule has 0 heterocycles. The number of rotatable bonds is 2. The molecule has 1 fully saturated rings. The van der Waals surface area contributed by atoms with Gasteiger partial charge in [-0.05, 0) is 25.0 Å². The van der Waals surface area contributed by atoms with Gasteiger partial charge in [0, 0.05) is 18.7 Å². The fourth-order valence-electron chi connectivity index (χ4n) is 2.53. The SMILES string of the molecule is CN(C(=S=O)C1CCCCC1)c1ccccc1. The smallest absolute Gasteiger partial charge is 0.116 e. The van der Waals surface area contributed by atoms with Crippen LogP contribution in [0.2, 0.25) is 0 Å². The van der Waals surface area contributed by atoms with E-state index in [1.54, 1.807) is 0 Å². The van der Waals surface area contributed by atoms with Gasteiger partial charge in [-0.1, -0.05) is 37.5 Å². The lowest BCUT2D eigenvalue weighted by atomic mass is 9.89. The summed E-state index contributed by atoms with van der Waals surface area (Å²) in [5, 5.41) is 0. The summed E-state index contributed by atoms with van der Waals surface area (Å²) >= 11 is 0.672. The maximum absolute atomic E-state index is 11.4.